The quantitative estimate of drug-likeness (QED) is 0.368. The van der Waals surface area contributed by atoms with E-state index in [0.29, 0.717) is 11.1 Å². The number of halogens is 2. The molecular formula is C18H27BrFNO3S. The predicted molar refractivity (Wildman–Crippen MR) is 103 cm³/mol. The van der Waals surface area contributed by atoms with Crippen LogP contribution in [0.25, 0.3) is 0 Å². The van der Waals surface area contributed by atoms with Crippen LogP contribution >= 0.6 is 15.9 Å². The number of rotatable bonds is 8. The third kappa shape index (κ3) is 6.89. The molecule has 0 heterocycles. The molecule has 1 unspecified atom stereocenters. The molecule has 0 aromatic heterocycles. The molecule has 1 aromatic carbocycles. The molecule has 0 saturated heterocycles. The van der Waals surface area contributed by atoms with Crippen LogP contribution in [0.1, 0.15) is 59.4 Å². The normalized spacial score (nSPS) is 15.5. The zero-order valence-corrected chi connectivity index (χ0v) is 17.9. The van der Waals surface area contributed by atoms with Crippen molar-refractivity contribution in [2.45, 2.75) is 64.2 Å². The number of nitrogens with one attached hydrogen (secondary N) is 1. The van der Waals surface area contributed by atoms with Crippen LogP contribution in [0.4, 0.5) is 4.39 Å². The van der Waals surface area contributed by atoms with Crippen LogP contribution < -0.4 is 4.72 Å². The number of carbonyl (C=O) groups excluding carboxylic acids is 1. The van der Waals surface area contributed by atoms with Crippen molar-refractivity contribution in [1.82, 2.24) is 4.72 Å². The van der Waals surface area contributed by atoms with Crippen molar-refractivity contribution in [1.29, 1.82) is 0 Å². The van der Waals surface area contributed by atoms with Gasteiger partial charge in [-0.1, -0.05) is 29.3 Å². The lowest BCUT2D eigenvalue weighted by atomic mass is 9.89. The topological polar surface area (TPSA) is 61.4 Å². The van der Waals surface area contributed by atoms with Gasteiger partial charge in [0, 0.05) is 21.4 Å². The molecule has 0 fully saturated rings. The molecule has 142 valence electrons. The molecule has 25 heavy (non-hydrogen) atoms. The minimum absolute atomic E-state index is 0.119. The molecule has 1 aromatic rings. The summed E-state index contributed by atoms with van der Waals surface area (Å²) in [5, 5.41) is 0. The van der Waals surface area contributed by atoms with Crippen molar-refractivity contribution in [2.24, 2.45) is 0 Å². The lowest BCUT2D eigenvalue weighted by Gasteiger charge is -2.35. The average molecular weight is 436 g/mol. The van der Waals surface area contributed by atoms with Crippen LogP contribution in [0.3, 0.4) is 0 Å². The number of hydrogen-bond donors (Lipinski definition) is 1. The second-order valence-electron chi connectivity index (χ2n) is 7.19. The third-order valence-corrected chi connectivity index (χ3v) is 5.90. The molecule has 1 N–H and O–H groups in total. The van der Waals surface area contributed by atoms with Crippen molar-refractivity contribution < 1.29 is 18.5 Å². The number of esters is 1. The molecule has 4 nitrogen and oxygen atoms in total. The van der Waals surface area contributed by atoms with E-state index in [2.05, 4.69) is 20.7 Å². The second-order valence-corrected chi connectivity index (χ2v) is 10.1. The van der Waals surface area contributed by atoms with Gasteiger partial charge in [0.25, 0.3) is 0 Å². The maximum Gasteiger partial charge on any atom is 0.308 e. The molecule has 0 amide bonds. The lowest BCUT2D eigenvalue weighted by molar-refractivity contribution is -0.145. The Balaban J connectivity index is 3.13. The minimum Gasteiger partial charge on any atom is -0.598 e. The fourth-order valence-electron chi connectivity index (χ4n) is 2.13. The molecular weight excluding hydrogens is 409 g/mol. The Bertz CT molecular complexity index is 594. The number of ether oxygens (including phenoxy) is 1. The zero-order valence-electron chi connectivity index (χ0n) is 15.4. The first-order valence-electron chi connectivity index (χ1n) is 8.30. The summed E-state index contributed by atoms with van der Waals surface area (Å²) in [5.74, 6) is -0.917. The summed E-state index contributed by atoms with van der Waals surface area (Å²) in [7, 11) is 0. The van der Waals surface area contributed by atoms with E-state index >= 15 is 0 Å². The third-order valence-electron chi connectivity index (χ3n) is 3.66. The summed E-state index contributed by atoms with van der Waals surface area (Å²) < 4.78 is 35.4. The van der Waals surface area contributed by atoms with Gasteiger partial charge in [-0.3, -0.25) is 4.79 Å². The van der Waals surface area contributed by atoms with E-state index in [1.54, 1.807) is 19.1 Å². The lowest BCUT2D eigenvalue weighted by Crippen LogP contribution is -2.51. The average Bonchev–Trinajstić information content (AvgIpc) is 2.48. The largest absolute Gasteiger partial charge is 0.598 e. The number of carbonyl (C=O) groups is 1. The van der Waals surface area contributed by atoms with E-state index in [1.165, 1.54) is 6.07 Å². The molecule has 1 rings (SSSR count). The Morgan fingerprint density at radius 2 is 2.00 bits per heavy atom. The van der Waals surface area contributed by atoms with Crippen molar-refractivity contribution in [2.75, 3.05) is 6.61 Å². The Kier molecular flexibility index (Phi) is 8.38. The highest BCUT2D eigenvalue weighted by Crippen LogP contribution is 2.32. The molecule has 2 atom stereocenters. The second kappa shape index (κ2) is 9.35. The summed E-state index contributed by atoms with van der Waals surface area (Å²) >= 11 is 1.84. The summed E-state index contributed by atoms with van der Waals surface area (Å²) in [6.45, 7) is 9.44. The maximum absolute atomic E-state index is 14.5. The first-order valence-corrected chi connectivity index (χ1v) is 10.2. The first-order chi connectivity index (χ1) is 11.5. The standard InChI is InChI=1S/C18H27BrFNO3S/c1-6-7-10-24-16(22)12-18(5,21-25(23)17(2,3)4)14-11-13(19)8-9-15(14)20/h8-9,11,21H,6-7,10,12H2,1-5H3/t18-,25?/m0/s1. The van der Waals surface area contributed by atoms with E-state index in [-0.39, 0.29) is 12.0 Å². The molecule has 0 spiro atoms. The highest BCUT2D eigenvalue weighted by Gasteiger charge is 2.40. The van der Waals surface area contributed by atoms with E-state index in [1.807, 2.05) is 27.7 Å². The van der Waals surface area contributed by atoms with Gasteiger partial charge in [0.15, 0.2) is 0 Å². The zero-order chi connectivity index (χ0) is 19.3. The van der Waals surface area contributed by atoms with E-state index in [4.69, 9.17) is 4.74 Å². The van der Waals surface area contributed by atoms with Gasteiger partial charge in [0.2, 0.25) is 0 Å². The SMILES string of the molecule is CCCCOC(=O)C[C@](C)(N[S+]([O-])C(C)(C)C)c1cc(Br)ccc1F. The molecule has 7 heteroatoms. The Hall–Kier alpha value is -0.630. The molecule has 0 aliphatic rings. The van der Waals surface area contributed by atoms with Gasteiger partial charge in [-0.2, -0.15) is 0 Å². The summed E-state index contributed by atoms with van der Waals surface area (Å²) in [4.78, 5) is 12.2. The van der Waals surface area contributed by atoms with Crippen LogP contribution in [-0.4, -0.2) is 21.9 Å². The maximum atomic E-state index is 14.5. The van der Waals surface area contributed by atoms with Crippen molar-refractivity contribution >= 4 is 33.3 Å². The Labute approximate surface area is 161 Å². The van der Waals surface area contributed by atoms with Gasteiger partial charge >= 0.3 is 5.97 Å². The van der Waals surface area contributed by atoms with Gasteiger partial charge < -0.3 is 9.29 Å². The van der Waals surface area contributed by atoms with Gasteiger partial charge in [0.1, 0.15) is 10.6 Å². The van der Waals surface area contributed by atoms with Crippen LogP contribution in [-0.2, 0) is 26.4 Å². The summed E-state index contributed by atoms with van der Waals surface area (Å²) in [5.41, 5.74) is -0.887. The smallest absolute Gasteiger partial charge is 0.308 e. The predicted octanol–water partition coefficient (Wildman–Crippen LogP) is 4.59. The van der Waals surface area contributed by atoms with Crippen LogP contribution in [0.5, 0.6) is 0 Å². The summed E-state index contributed by atoms with van der Waals surface area (Å²) in [6.07, 6.45) is 1.57. The van der Waals surface area contributed by atoms with E-state index in [9.17, 15) is 13.7 Å². The molecule has 0 aliphatic heterocycles. The fraction of sp³-hybridized carbons (Fsp3) is 0.611. The van der Waals surface area contributed by atoms with Crippen molar-refractivity contribution in [3.8, 4) is 0 Å². The van der Waals surface area contributed by atoms with Gasteiger partial charge in [-0.25, -0.2) is 4.39 Å². The highest BCUT2D eigenvalue weighted by atomic mass is 79.9. The van der Waals surface area contributed by atoms with Crippen molar-refractivity contribution in [3.05, 3.63) is 34.1 Å². The first kappa shape index (κ1) is 22.4. The number of hydrogen-bond acceptors (Lipinski definition) is 4. The van der Waals surface area contributed by atoms with Gasteiger partial charge in [-0.05, 0) is 52.3 Å². The fourth-order valence-corrected chi connectivity index (χ4v) is 3.39. The molecule has 0 aliphatic carbocycles. The van der Waals surface area contributed by atoms with Crippen LogP contribution in [0, 0.1) is 5.82 Å². The molecule has 0 bridgehead atoms. The van der Waals surface area contributed by atoms with Crippen LogP contribution in [0.2, 0.25) is 0 Å². The summed E-state index contributed by atoms with van der Waals surface area (Å²) in [6, 6.07) is 4.50. The van der Waals surface area contributed by atoms with E-state index < -0.39 is 33.4 Å². The number of unbranched alkanes of at least 4 members (excludes halogenated alkanes) is 1. The van der Waals surface area contributed by atoms with Crippen LogP contribution in [0.15, 0.2) is 22.7 Å². The monoisotopic (exact) mass is 435 g/mol. The minimum atomic E-state index is -1.49. The van der Waals surface area contributed by atoms with E-state index in [0.717, 1.165) is 12.8 Å². The Morgan fingerprint density at radius 3 is 2.56 bits per heavy atom. The highest BCUT2D eigenvalue weighted by molar-refractivity contribution is 9.10. The Morgan fingerprint density at radius 1 is 1.36 bits per heavy atom. The van der Waals surface area contributed by atoms with Gasteiger partial charge in [0.05, 0.1) is 18.6 Å². The van der Waals surface area contributed by atoms with Crippen molar-refractivity contribution in [3.63, 3.8) is 0 Å². The number of benzene rings is 1. The molecule has 0 radical (unpaired) electrons. The van der Waals surface area contributed by atoms with Gasteiger partial charge in [-0.15, -0.1) is 4.72 Å². The molecule has 0 saturated carbocycles.